The number of hydrogen-bond donors (Lipinski definition) is 0. The Morgan fingerprint density at radius 3 is 1.43 bits per heavy atom. The normalized spacial score (nSPS) is 10.7. The van der Waals surface area contributed by atoms with E-state index in [1.807, 2.05) is 24.3 Å². The van der Waals surface area contributed by atoms with Crippen LogP contribution in [0.2, 0.25) is 26.2 Å². The van der Waals surface area contributed by atoms with Gasteiger partial charge in [-0.3, -0.25) is 0 Å². The van der Waals surface area contributed by atoms with Crippen LogP contribution in [0, 0.1) is 0 Å². The number of para-hydroxylation sites is 2. The molecule has 2 nitrogen and oxygen atoms in total. The van der Waals surface area contributed by atoms with Crippen LogP contribution >= 0.6 is 0 Å². The van der Waals surface area contributed by atoms with Crippen molar-refractivity contribution in [2.75, 3.05) is 0 Å². The summed E-state index contributed by atoms with van der Waals surface area (Å²) < 4.78 is 11.6. The van der Waals surface area contributed by atoms with Gasteiger partial charge >= 0.3 is 0 Å². The quantitative estimate of drug-likeness (QED) is 0.734. The Morgan fingerprint density at radius 1 is 0.786 bits per heavy atom. The summed E-state index contributed by atoms with van der Waals surface area (Å²) in [5.41, 5.74) is 0. The second-order valence-electron chi connectivity index (χ2n) is 3.78. The van der Waals surface area contributed by atoms with Gasteiger partial charge in [-0.1, -0.05) is 12.1 Å². The van der Waals surface area contributed by atoms with E-state index >= 15 is 0 Å². The maximum Gasteiger partial charge on any atom is 0.229 e. The molecule has 0 N–H and O–H groups in total. The number of benzene rings is 1. The van der Waals surface area contributed by atoms with Crippen molar-refractivity contribution >= 4 is 18.1 Å². The van der Waals surface area contributed by atoms with Crippen molar-refractivity contribution in [1.29, 1.82) is 0 Å². The molecular weight excluding hydrogens is 208 g/mol. The first-order valence-corrected chi connectivity index (χ1v) is 10.6. The molecule has 14 heavy (non-hydrogen) atoms. The van der Waals surface area contributed by atoms with Crippen molar-refractivity contribution in [2.24, 2.45) is 0 Å². The largest absolute Gasteiger partial charge is 0.545 e. The molecule has 0 heterocycles. The summed E-state index contributed by atoms with van der Waals surface area (Å²) in [6.07, 6.45) is 0. The minimum atomic E-state index is -1.04. The fraction of sp³-hybridized carbons (Fsp3) is 0.400. The summed E-state index contributed by atoms with van der Waals surface area (Å²) >= 11 is 0. The van der Waals surface area contributed by atoms with Crippen molar-refractivity contribution in [1.82, 2.24) is 0 Å². The van der Waals surface area contributed by atoms with Crippen LogP contribution in [-0.4, -0.2) is 18.1 Å². The first-order chi connectivity index (χ1) is 6.59. The van der Waals surface area contributed by atoms with Gasteiger partial charge in [-0.2, -0.15) is 0 Å². The van der Waals surface area contributed by atoms with Gasteiger partial charge in [-0.15, -0.1) is 0 Å². The zero-order valence-electron chi connectivity index (χ0n) is 9.28. The van der Waals surface area contributed by atoms with E-state index in [1.54, 1.807) is 0 Å². The van der Waals surface area contributed by atoms with Gasteiger partial charge in [0.1, 0.15) is 11.5 Å². The molecule has 0 fully saturated rings. The molecule has 0 aliphatic heterocycles. The van der Waals surface area contributed by atoms with E-state index in [2.05, 4.69) is 26.2 Å². The molecule has 0 unspecified atom stereocenters. The van der Waals surface area contributed by atoms with Gasteiger partial charge in [0.15, 0.2) is 0 Å². The van der Waals surface area contributed by atoms with Gasteiger partial charge in [-0.05, 0) is 38.3 Å². The van der Waals surface area contributed by atoms with Crippen LogP contribution in [0.3, 0.4) is 0 Å². The van der Waals surface area contributed by atoms with Gasteiger partial charge in [0, 0.05) is 0 Å². The molecule has 0 amide bonds. The molecule has 0 radical (unpaired) electrons. The topological polar surface area (TPSA) is 18.5 Å². The van der Waals surface area contributed by atoms with Gasteiger partial charge in [-0.25, -0.2) is 0 Å². The van der Waals surface area contributed by atoms with Crippen molar-refractivity contribution in [3.05, 3.63) is 24.3 Å². The van der Waals surface area contributed by atoms with E-state index < -0.39 is 18.1 Å². The molecule has 78 valence electrons. The first-order valence-electron chi connectivity index (χ1n) is 5.02. The number of hydrogen-bond acceptors (Lipinski definition) is 2. The third-order valence-corrected chi connectivity index (χ3v) is 3.03. The molecule has 4 heteroatoms. The zero-order chi connectivity index (χ0) is 10.6. The Morgan fingerprint density at radius 2 is 1.14 bits per heavy atom. The molecule has 0 aromatic heterocycles. The Balaban J connectivity index is 2.80. The second-order valence-corrected chi connectivity index (χ2v) is 8.45. The van der Waals surface area contributed by atoms with Crippen LogP contribution in [0.1, 0.15) is 0 Å². The Labute approximate surface area is 89.3 Å². The molecule has 0 atom stereocenters. The van der Waals surface area contributed by atoms with Gasteiger partial charge in [0.2, 0.25) is 18.1 Å². The highest BCUT2D eigenvalue weighted by atomic mass is 28.3. The minimum Gasteiger partial charge on any atom is -0.545 e. The van der Waals surface area contributed by atoms with Crippen molar-refractivity contribution < 1.29 is 8.85 Å². The first kappa shape index (κ1) is 11.3. The van der Waals surface area contributed by atoms with Gasteiger partial charge < -0.3 is 8.85 Å². The summed E-state index contributed by atoms with van der Waals surface area (Å²) in [6, 6.07) is 7.94. The summed E-state index contributed by atoms with van der Waals surface area (Å²) in [5, 5.41) is 0. The molecule has 1 rings (SSSR count). The fourth-order valence-electron chi connectivity index (χ4n) is 1.15. The lowest BCUT2D eigenvalue weighted by atomic mass is 10.3. The maximum absolute atomic E-state index is 5.78. The average molecular weight is 226 g/mol. The summed E-state index contributed by atoms with van der Waals surface area (Å²) in [5.74, 6) is 1.82. The standard InChI is InChI=1S/C10H18O2Si2/c1-13(2)11-9-7-5-6-8-10(9)12-14(3)4/h5-8,13-14H,1-4H3. The Kier molecular flexibility index (Phi) is 4.22. The predicted octanol–water partition coefficient (Wildman–Crippen LogP) is 2.41. The number of rotatable bonds is 4. The van der Waals surface area contributed by atoms with Crippen LogP contribution < -0.4 is 8.85 Å². The SMILES string of the molecule is C[SiH](C)Oc1ccccc1O[SiH](C)C. The fourth-order valence-corrected chi connectivity index (χ4v) is 2.56. The van der Waals surface area contributed by atoms with E-state index in [0.717, 1.165) is 11.5 Å². The lowest BCUT2D eigenvalue weighted by Crippen LogP contribution is -2.15. The molecule has 0 saturated heterocycles. The molecular formula is C10H18O2Si2. The van der Waals surface area contributed by atoms with E-state index in [-0.39, 0.29) is 0 Å². The van der Waals surface area contributed by atoms with Crippen LogP contribution in [0.25, 0.3) is 0 Å². The Bertz CT molecular complexity index is 258. The van der Waals surface area contributed by atoms with Crippen LogP contribution in [-0.2, 0) is 0 Å². The highest BCUT2D eigenvalue weighted by Gasteiger charge is 2.07. The van der Waals surface area contributed by atoms with E-state index in [9.17, 15) is 0 Å². The lowest BCUT2D eigenvalue weighted by molar-refractivity contribution is 0.509. The highest BCUT2D eigenvalue weighted by molar-refractivity contribution is 6.50. The molecule has 0 spiro atoms. The van der Waals surface area contributed by atoms with Gasteiger partial charge in [0.05, 0.1) is 0 Å². The lowest BCUT2D eigenvalue weighted by Gasteiger charge is -2.16. The van der Waals surface area contributed by atoms with E-state index in [4.69, 9.17) is 8.85 Å². The Hall–Kier alpha value is -0.746. The molecule has 0 saturated carbocycles. The molecule has 0 bridgehead atoms. The van der Waals surface area contributed by atoms with E-state index in [0.29, 0.717) is 0 Å². The summed E-state index contributed by atoms with van der Waals surface area (Å²) in [4.78, 5) is 0. The molecule has 1 aromatic carbocycles. The predicted molar refractivity (Wildman–Crippen MR) is 65.5 cm³/mol. The van der Waals surface area contributed by atoms with Crippen molar-refractivity contribution in [3.63, 3.8) is 0 Å². The van der Waals surface area contributed by atoms with Crippen molar-refractivity contribution in [2.45, 2.75) is 26.2 Å². The summed E-state index contributed by atoms with van der Waals surface area (Å²) in [7, 11) is -2.07. The second kappa shape index (κ2) is 5.21. The molecule has 0 aliphatic rings. The molecule has 1 aromatic rings. The molecule has 0 aliphatic carbocycles. The van der Waals surface area contributed by atoms with Crippen molar-refractivity contribution in [3.8, 4) is 11.5 Å². The third kappa shape index (κ3) is 3.55. The van der Waals surface area contributed by atoms with E-state index in [1.165, 1.54) is 0 Å². The van der Waals surface area contributed by atoms with Crippen LogP contribution in [0.15, 0.2) is 24.3 Å². The monoisotopic (exact) mass is 226 g/mol. The smallest absolute Gasteiger partial charge is 0.229 e. The van der Waals surface area contributed by atoms with Gasteiger partial charge in [0.25, 0.3) is 0 Å². The minimum absolute atomic E-state index is 0.912. The van der Waals surface area contributed by atoms with Crippen LogP contribution in [0.4, 0.5) is 0 Å². The highest BCUT2D eigenvalue weighted by Crippen LogP contribution is 2.27. The third-order valence-electron chi connectivity index (χ3n) is 1.57. The maximum atomic E-state index is 5.78. The average Bonchev–Trinajstić information content (AvgIpc) is 2.06. The summed E-state index contributed by atoms with van der Waals surface area (Å²) in [6.45, 7) is 8.63. The zero-order valence-corrected chi connectivity index (χ0v) is 11.6. The van der Waals surface area contributed by atoms with Crippen LogP contribution in [0.5, 0.6) is 11.5 Å².